The SMILES string of the molecule is Cc1ccc(N2C(=O)N(CN3CCN(c4cccc(Cl)c4)CC3)C(=O)[C@H]2C)cc1. The van der Waals surface area contributed by atoms with Crippen LogP contribution < -0.4 is 9.80 Å². The average molecular weight is 413 g/mol. The standard InChI is InChI=1S/C22H25ClN4O2/c1-16-6-8-19(9-7-16)27-17(2)21(28)26(22(27)29)15-24-10-12-25(13-11-24)20-5-3-4-18(23)14-20/h3-9,14,17H,10-13,15H2,1-2H3/t17-/m1/s1. The number of nitrogens with zero attached hydrogens (tertiary/aromatic N) is 4. The Morgan fingerprint density at radius 3 is 2.31 bits per heavy atom. The second kappa shape index (κ2) is 8.05. The summed E-state index contributed by atoms with van der Waals surface area (Å²) in [5.74, 6) is -0.146. The predicted molar refractivity (Wildman–Crippen MR) is 115 cm³/mol. The number of carbonyl (C=O) groups excluding carboxylic acids is 2. The second-order valence-corrected chi connectivity index (χ2v) is 8.09. The third-order valence-corrected chi connectivity index (χ3v) is 5.88. The highest BCUT2D eigenvalue weighted by molar-refractivity contribution is 6.30. The molecule has 0 spiro atoms. The number of rotatable bonds is 4. The monoisotopic (exact) mass is 412 g/mol. The first-order valence-electron chi connectivity index (χ1n) is 9.88. The molecule has 0 radical (unpaired) electrons. The van der Waals surface area contributed by atoms with Crippen LogP contribution in [0.25, 0.3) is 0 Å². The number of amides is 3. The number of piperazine rings is 1. The summed E-state index contributed by atoms with van der Waals surface area (Å²) in [7, 11) is 0. The lowest BCUT2D eigenvalue weighted by Gasteiger charge is -2.37. The van der Waals surface area contributed by atoms with E-state index in [1.54, 1.807) is 11.8 Å². The lowest BCUT2D eigenvalue weighted by atomic mass is 10.2. The van der Waals surface area contributed by atoms with Gasteiger partial charge in [-0.05, 0) is 44.2 Å². The number of benzene rings is 2. The molecule has 152 valence electrons. The van der Waals surface area contributed by atoms with Crippen molar-refractivity contribution in [2.24, 2.45) is 0 Å². The summed E-state index contributed by atoms with van der Waals surface area (Å²) in [6, 6.07) is 14.8. The molecule has 2 heterocycles. The molecule has 2 aromatic rings. The van der Waals surface area contributed by atoms with Gasteiger partial charge in [-0.25, -0.2) is 9.69 Å². The van der Waals surface area contributed by atoms with Crippen LogP contribution >= 0.6 is 11.6 Å². The van der Waals surface area contributed by atoms with E-state index in [1.165, 1.54) is 4.90 Å². The van der Waals surface area contributed by atoms with Crippen LogP contribution in [-0.4, -0.2) is 60.6 Å². The van der Waals surface area contributed by atoms with Gasteiger partial charge in [0.1, 0.15) is 6.04 Å². The van der Waals surface area contributed by atoms with E-state index in [9.17, 15) is 9.59 Å². The fourth-order valence-electron chi connectivity index (χ4n) is 3.92. The zero-order valence-corrected chi connectivity index (χ0v) is 17.5. The van der Waals surface area contributed by atoms with Crippen molar-refractivity contribution in [3.8, 4) is 0 Å². The van der Waals surface area contributed by atoms with Gasteiger partial charge in [0, 0.05) is 42.6 Å². The molecular weight excluding hydrogens is 388 g/mol. The molecule has 7 heteroatoms. The van der Waals surface area contributed by atoms with Gasteiger partial charge in [-0.1, -0.05) is 35.4 Å². The molecule has 0 aliphatic carbocycles. The second-order valence-electron chi connectivity index (χ2n) is 7.66. The Balaban J connectivity index is 1.40. The van der Waals surface area contributed by atoms with Crippen LogP contribution in [0.1, 0.15) is 12.5 Å². The Kier molecular flexibility index (Phi) is 5.48. The summed E-state index contributed by atoms with van der Waals surface area (Å²) in [6.07, 6.45) is 0. The summed E-state index contributed by atoms with van der Waals surface area (Å²) in [6.45, 7) is 7.33. The molecule has 2 aromatic carbocycles. The molecule has 0 aromatic heterocycles. The lowest BCUT2D eigenvalue weighted by Crippen LogP contribution is -2.51. The molecule has 2 saturated heterocycles. The van der Waals surface area contributed by atoms with E-state index in [4.69, 9.17) is 11.6 Å². The third-order valence-electron chi connectivity index (χ3n) is 5.65. The normalized spacial score (nSPS) is 20.7. The van der Waals surface area contributed by atoms with Crippen molar-refractivity contribution >= 4 is 34.9 Å². The Hall–Kier alpha value is -2.57. The fraction of sp³-hybridized carbons (Fsp3) is 0.364. The summed E-state index contributed by atoms with van der Waals surface area (Å²) in [4.78, 5) is 33.2. The highest BCUT2D eigenvalue weighted by atomic mass is 35.5. The minimum Gasteiger partial charge on any atom is -0.369 e. The van der Waals surface area contributed by atoms with Crippen LogP contribution in [0.3, 0.4) is 0 Å². The summed E-state index contributed by atoms with van der Waals surface area (Å²) < 4.78 is 0. The maximum absolute atomic E-state index is 13.0. The zero-order chi connectivity index (χ0) is 20.5. The zero-order valence-electron chi connectivity index (χ0n) is 16.7. The lowest BCUT2D eigenvalue weighted by molar-refractivity contribution is -0.128. The van der Waals surface area contributed by atoms with Gasteiger partial charge in [0.15, 0.2) is 0 Å². The highest BCUT2D eigenvalue weighted by Gasteiger charge is 2.44. The first-order chi connectivity index (χ1) is 13.9. The first kappa shape index (κ1) is 19.7. The van der Waals surface area contributed by atoms with E-state index in [-0.39, 0.29) is 11.9 Å². The topological polar surface area (TPSA) is 47.1 Å². The molecule has 29 heavy (non-hydrogen) atoms. The third kappa shape index (κ3) is 3.95. The Morgan fingerprint density at radius 1 is 0.966 bits per heavy atom. The van der Waals surface area contributed by atoms with Crippen molar-refractivity contribution in [1.82, 2.24) is 9.80 Å². The molecule has 4 rings (SSSR count). The van der Waals surface area contributed by atoms with Crippen LogP contribution in [0.2, 0.25) is 5.02 Å². The summed E-state index contributed by atoms with van der Waals surface area (Å²) >= 11 is 6.10. The van der Waals surface area contributed by atoms with Crippen LogP contribution in [-0.2, 0) is 4.79 Å². The van der Waals surface area contributed by atoms with E-state index >= 15 is 0 Å². The van der Waals surface area contributed by atoms with Crippen molar-refractivity contribution in [3.05, 3.63) is 59.1 Å². The maximum atomic E-state index is 13.0. The average Bonchev–Trinajstić information content (AvgIpc) is 2.93. The predicted octanol–water partition coefficient (Wildman–Crippen LogP) is 3.59. The summed E-state index contributed by atoms with van der Waals surface area (Å²) in [5, 5.41) is 0.725. The van der Waals surface area contributed by atoms with Gasteiger partial charge in [-0.3, -0.25) is 14.6 Å². The molecule has 2 aliphatic rings. The minimum absolute atomic E-state index is 0.146. The molecule has 6 nitrogen and oxygen atoms in total. The van der Waals surface area contributed by atoms with E-state index in [2.05, 4.69) is 15.9 Å². The smallest absolute Gasteiger partial charge is 0.333 e. The molecular formula is C22H25ClN4O2. The number of halogens is 1. The van der Waals surface area contributed by atoms with Crippen LogP contribution in [0.4, 0.5) is 16.2 Å². The largest absolute Gasteiger partial charge is 0.369 e. The van der Waals surface area contributed by atoms with Crippen LogP contribution in [0, 0.1) is 6.92 Å². The van der Waals surface area contributed by atoms with Gasteiger partial charge in [-0.15, -0.1) is 0 Å². The maximum Gasteiger partial charge on any atom is 0.333 e. The summed E-state index contributed by atoms with van der Waals surface area (Å²) in [5.41, 5.74) is 2.98. The molecule has 0 bridgehead atoms. The van der Waals surface area contributed by atoms with Crippen LogP contribution in [0.15, 0.2) is 48.5 Å². The molecule has 1 atom stereocenters. The number of aryl methyl sites for hydroxylation is 1. The number of anilines is 2. The Morgan fingerprint density at radius 2 is 1.66 bits per heavy atom. The number of hydrogen-bond donors (Lipinski definition) is 0. The van der Waals surface area contributed by atoms with E-state index < -0.39 is 6.04 Å². The number of carbonyl (C=O) groups is 2. The van der Waals surface area contributed by atoms with Gasteiger partial charge in [0.25, 0.3) is 5.91 Å². The van der Waals surface area contributed by atoms with Crippen molar-refractivity contribution in [1.29, 1.82) is 0 Å². The molecule has 0 unspecified atom stereocenters. The van der Waals surface area contributed by atoms with E-state index in [0.29, 0.717) is 6.67 Å². The van der Waals surface area contributed by atoms with Gasteiger partial charge in [-0.2, -0.15) is 0 Å². The number of imide groups is 1. The van der Waals surface area contributed by atoms with Crippen LogP contribution in [0.5, 0.6) is 0 Å². The minimum atomic E-state index is -0.488. The molecule has 3 amide bonds. The number of urea groups is 1. The first-order valence-corrected chi connectivity index (χ1v) is 10.3. The van der Waals surface area contributed by atoms with Gasteiger partial charge in [0.05, 0.1) is 6.67 Å². The molecule has 2 aliphatic heterocycles. The Bertz CT molecular complexity index is 909. The van der Waals surface area contributed by atoms with E-state index in [0.717, 1.165) is 48.1 Å². The number of hydrogen-bond acceptors (Lipinski definition) is 4. The molecule has 0 N–H and O–H groups in total. The van der Waals surface area contributed by atoms with Crippen molar-refractivity contribution in [2.45, 2.75) is 19.9 Å². The molecule has 2 fully saturated rings. The van der Waals surface area contributed by atoms with Crippen molar-refractivity contribution in [3.63, 3.8) is 0 Å². The Labute approximate surface area is 176 Å². The van der Waals surface area contributed by atoms with Crippen molar-refractivity contribution in [2.75, 3.05) is 42.6 Å². The highest BCUT2D eigenvalue weighted by Crippen LogP contribution is 2.27. The van der Waals surface area contributed by atoms with E-state index in [1.807, 2.05) is 49.4 Å². The van der Waals surface area contributed by atoms with Gasteiger partial charge in [0.2, 0.25) is 0 Å². The van der Waals surface area contributed by atoms with Gasteiger partial charge >= 0.3 is 6.03 Å². The van der Waals surface area contributed by atoms with Crippen molar-refractivity contribution < 1.29 is 9.59 Å². The molecule has 0 saturated carbocycles. The fourth-order valence-corrected chi connectivity index (χ4v) is 4.10. The van der Waals surface area contributed by atoms with Gasteiger partial charge < -0.3 is 4.90 Å². The quantitative estimate of drug-likeness (QED) is 0.720.